The molecule has 0 heterocycles. The van der Waals surface area contributed by atoms with Gasteiger partial charge in [-0.1, -0.05) is 12.0 Å². The number of rotatable bonds is 5. The number of nitro groups is 1. The molecule has 5 nitrogen and oxygen atoms in total. The van der Waals surface area contributed by atoms with E-state index in [2.05, 4.69) is 11.2 Å². The Labute approximate surface area is 93.6 Å². The van der Waals surface area contributed by atoms with Crippen LogP contribution in [0.15, 0.2) is 18.2 Å². The molecule has 0 radical (unpaired) electrons. The third-order valence-electron chi connectivity index (χ3n) is 2.00. The highest BCUT2D eigenvalue weighted by atomic mass is 16.6. The van der Waals surface area contributed by atoms with E-state index in [4.69, 9.17) is 11.2 Å². The van der Waals surface area contributed by atoms with E-state index in [0.29, 0.717) is 13.1 Å². The monoisotopic (exact) mass is 220 g/mol. The van der Waals surface area contributed by atoms with Gasteiger partial charge in [-0.25, -0.2) is 0 Å². The van der Waals surface area contributed by atoms with Crippen molar-refractivity contribution >= 4 is 5.69 Å². The van der Waals surface area contributed by atoms with Crippen molar-refractivity contribution in [3.63, 3.8) is 0 Å². The van der Waals surface area contributed by atoms with Crippen molar-refractivity contribution < 1.29 is 9.66 Å². The molecule has 1 rings (SSSR count). The van der Waals surface area contributed by atoms with Gasteiger partial charge in [0.2, 0.25) is 0 Å². The van der Waals surface area contributed by atoms with Crippen molar-refractivity contribution in [2.24, 2.45) is 0 Å². The Kier molecular flexibility index (Phi) is 4.30. The van der Waals surface area contributed by atoms with Gasteiger partial charge in [0.05, 0.1) is 18.6 Å². The number of ether oxygens (including phenoxy) is 1. The van der Waals surface area contributed by atoms with E-state index >= 15 is 0 Å². The molecule has 1 N–H and O–H groups in total. The Bertz CT molecular complexity index is 424. The molecule has 1 aromatic rings. The van der Waals surface area contributed by atoms with Crippen molar-refractivity contribution in [2.45, 2.75) is 6.54 Å². The fraction of sp³-hybridized carbons (Fsp3) is 0.273. The summed E-state index contributed by atoms with van der Waals surface area (Å²) in [6.45, 7) is 0.925. The minimum Gasteiger partial charge on any atom is -0.490 e. The first kappa shape index (κ1) is 12.0. The van der Waals surface area contributed by atoms with Crippen LogP contribution in [-0.2, 0) is 6.54 Å². The molecule has 0 aliphatic rings. The lowest BCUT2D eigenvalue weighted by atomic mass is 10.2. The number of nitrogens with zero attached hydrogens (tertiary/aromatic N) is 1. The molecule has 1 aromatic carbocycles. The van der Waals surface area contributed by atoms with Crippen LogP contribution >= 0.6 is 0 Å². The van der Waals surface area contributed by atoms with E-state index in [1.54, 1.807) is 12.1 Å². The third kappa shape index (κ3) is 2.97. The largest absolute Gasteiger partial charge is 0.490 e. The summed E-state index contributed by atoms with van der Waals surface area (Å²) in [6, 6.07) is 4.81. The molecule has 0 aliphatic heterocycles. The van der Waals surface area contributed by atoms with Crippen molar-refractivity contribution in [1.82, 2.24) is 5.32 Å². The van der Waals surface area contributed by atoms with Crippen molar-refractivity contribution in [3.05, 3.63) is 33.9 Å². The average Bonchev–Trinajstić information content (AvgIpc) is 2.29. The first-order valence-corrected chi connectivity index (χ1v) is 4.64. The van der Waals surface area contributed by atoms with Crippen LogP contribution in [0.4, 0.5) is 5.69 Å². The summed E-state index contributed by atoms with van der Waals surface area (Å²) in [5, 5.41) is 13.7. The Morgan fingerprint density at radius 1 is 1.62 bits per heavy atom. The molecular formula is C11H12N2O3. The van der Waals surface area contributed by atoms with E-state index in [-0.39, 0.29) is 11.4 Å². The Morgan fingerprint density at radius 2 is 2.38 bits per heavy atom. The molecule has 0 spiro atoms. The summed E-state index contributed by atoms with van der Waals surface area (Å²) < 4.78 is 4.89. The van der Waals surface area contributed by atoms with Crippen LogP contribution in [0.2, 0.25) is 0 Å². The lowest BCUT2D eigenvalue weighted by Gasteiger charge is -2.04. The van der Waals surface area contributed by atoms with Gasteiger partial charge in [-0.05, 0) is 11.6 Å². The predicted octanol–water partition coefficient (Wildman–Crippen LogP) is 1.33. The highest BCUT2D eigenvalue weighted by molar-refractivity contribution is 5.48. The van der Waals surface area contributed by atoms with Gasteiger partial charge in [0.25, 0.3) is 0 Å². The topological polar surface area (TPSA) is 64.4 Å². The summed E-state index contributed by atoms with van der Waals surface area (Å²) >= 11 is 0. The zero-order valence-corrected chi connectivity index (χ0v) is 8.90. The Morgan fingerprint density at radius 3 is 2.94 bits per heavy atom. The van der Waals surface area contributed by atoms with Crippen LogP contribution in [-0.4, -0.2) is 18.6 Å². The zero-order chi connectivity index (χ0) is 12.0. The fourth-order valence-electron chi connectivity index (χ4n) is 1.27. The normalized spacial score (nSPS) is 9.50. The first-order chi connectivity index (χ1) is 7.69. The minimum absolute atomic E-state index is 0.0393. The van der Waals surface area contributed by atoms with Gasteiger partial charge < -0.3 is 10.1 Å². The Balaban J connectivity index is 2.86. The maximum absolute atomic E-state index is 10.7. The van der Waals surface area contributed by atoms with Gasteiger partial charge >= 0.3 is 5.69 Å². The lowest BCUT2D eigenvalue weighted by molar-refractivity contribution is -0.385. The molecular weight excluding hydrogens is 208 g/mol. The SMILES string of the molecule is C#CCNCc1ccc(OC)c([N+](=O)[O-])c1. The van der Waals surface area contributed by atoms with Gasteiger partial charge in [-0.2, -0.15) is 0 Å². The molecule has 0 aliphatic carbocycles. The van der Waals surface area contributed by atoms with E-state index in [9.17, 15) is 10.1 Å². The molecule has 0 amide bonds. The second-order valence-corrected chi connectivity index (χ2v) is 3.07. The van der Waals surface area contributed by atoms with Crippen molar-refractivity contribution in [1.29, 1.82) is 0 Å². The van der Waals surface area contributed by atoms with Crippen LogP contribution in [0.3, 0.4) is 0 Å². The molecule has 5 heteroatoms. The number of hydrogen-bond donors (Lipinski definition) is 1. The maximum Gasteiger partial charge on any atom is 0.311 e. The van der Waals surface area contributed by atoms with Crippen LogP contribution in [0.1, 0.15) is 5.56 Å². The van der Waals surface area contributed by atoms with Crippen LogP contribution in [0.25, 0.3) is 0 Å². The molecule has 0 fully saturated rings. The summed E-state index contributed by atoms with van der Waals surface area (Å²) in [5.41, 5.74) is 0.755. The zero-order valence-electron chi connectivity index (χ0n) is 8.90. The minimum atomic E-state index is -0.469. The van der Waals surface area contributed by atoms with Gasteiger partial charge in [-0.15, -0.1) is 6.42 Å². The molecule has 0 saturated carbocycles. The fourth-order valence-corrected chi connectivity index (χ4v) is 1.27. The van der Waals surface area contributed by atoms with Crippen LogP contribution in [0.5, 0.6) is 5.75 Å². The van der Waals surface area contributed by atoms with Gasteiger partial charge in [-0.3, -0.25) is 10.1 Å². The molecule has 16 heavy (non-hydrogen) atoms. The predicted molar refractivity (Wildman–Crippen MR) is 60.2 cm³/mol. The molecule has 0 unspecified atom stereocenters. The van der Waals surface area contributed by atoms with Gasteiger partial charge in [0, 0.05) is 12.6 Å². The standard InChI is InChI=1S/C11H12N2O3/c1-3-6-12-8-9-4-5-11(16-2)10(7-9)13(14)15/h1,4-5,7,12H,6,8H2,2H3. The molecule has 0 saturated heterocycles. The summed E-state index contributed by atoms with van der Waals surface area (Å²) in [6.07, 6.45) is 5.08. The summed E-state index contributed by atoms with van der Waals surface area (Å²) in [7, 11) is 1.40. The number of terminal acetylenes is 1. The quantitative estimate of drug-likeness (QED) is 0.352. The van der Waals surface area contributed by atoms with Crippen molar-refractivity contribution in [3.8, 4) is 18.1 Å². The molecule has 0 bridgehead atoms. The number of nitrogens with one attached hydrogen (secondary N) is 1. The highest BCUT2D eigenvalue weighted by Gasteiger charge is 2.14. The Hall–Kier alpha value is -2.06. The summed E-state index contributed by atoms with van der Waals surface area (Å²) in [4.78, 5) is 10.3. The van der Waals surface area contributed by atoms with E-state index in [1.165, 1.54) is 13.2 Å². The van der Waals surface area contributed by atoms with Crippen LogP contribution in [0, 0.1) is 22.5 Å². The number of methoxy groups -OCH3 is 1. The van der Waals surface area contributed by atoms with E-state index in [0.717, 1.165) is 5.56 Å². The molecule has 84 valence electrons. The smallest absolute Gasteiger partial charge is 0.311 e. The number of benzene rings is 1. The molecule has 0 atom stereocenters. The van der Waals surface area contributed by atoms with E-state index in [1.807, 2.05) is 0 Å². The van der Waals surface area contributed by atoms with Crippen LogP contribution < -0.4 is 10.1 Å². The first-order valence-electron chi connectivity index (χ1n) is 4.64. The summed E-state index contributed by atoms with van der Waals surface area (Å²) in [5.74, 6) is 2.68. The number of hydrogen-bond acceptors (Lipinski definition) is 4. The second-order valence-electron chi connectivity index (χ2n) is 3.07. The lowest BCUT2D eigenvalue weighted by Crippen LogP contribution is -2.13. The average molecular weight is 220 g/mol. The second kappa shape index (κ2) is 5.73. The van der Waals surface area contributed by atoms with Gasteiger partial charge in [0.1, 0.15) is 0 Å². The third-order valence-corrected chi connectivity index (χ3v) is 2.00. The molecule has 0 aromatic heterocycles. The van der Waals surface area contributed by atoms with Gasteiger partial charge in [0.15, 0.2) is 5.75 Å². The van der Waals surface area contributed by atoms with Crippen molar-refractivity contribution in [2.75, 3.05) is 13.7 Å². The highest BCUT2D eigenvalue weighted by Crippen LogP contribution is 2.27. The maximum atomic E-state index is 10.7. The number of nitro benzene ring substituents is 1. The van der Waals surface area contributed by atoms with E-state index < -0.39 is 4.92 Å².